The van der Waals surface area contributed by atoms with Gasteiger partial charge in [0, 0.05) is 0 Å². The Morgan fingerprint density at radius 3 is 2.50 bits per heavy atom. The van der Waals surface area contributed by atoms with Crippen LogP contribution >= 0.6 is 0 Å². The topological polar surface area (TPSA) is 76.4 Å². The Morgan fingerprint density at radius 2 is 1.88 bits per heavy atom. The van der Waals surface area contributed by atoms with Gasteiger partial charge >= 0.3 is 0 Å². The van der Waals surface area contributed by atoms with Crippen molar-refractivity contribution in [2.45, 2.75) is 24.7 Å². The molecule has 0 aliphatic rings. The van der Waals surface area contributed by atoms with Crippen LogP contribution in [-0.4, -0.2) is 22.1 Å². The Labute approximate surface area is 154 Å². The summed E-state index contributed by atoms with van der Waals surface area (Å²) in [6.07, 6.45) is 3.28. The Balaban J connectivity index is 2.36. The minimum absolute atomic E-state index is 0.0827. The molecule has 0 spiro atoms. The van der Waals surface area contributed by atoms with E-state index in [9.17, 15) is 13.7 Å². The second-order valence-electron chi connectivity index (χ2n) is 5.55. The fraction of sp³-hybridized carbons (Fsp3) is 0.250. The average molecular weight is 371 g/mol. The predicted molar refractivity (Wildman–Crippen MR) is 101 cm³/mol. The number of benzene rings is 2. The number of hydrogen-bond donors (Lipinski definition) is 0. The summed E-state index contributed by atoms with van der Waals surface area (Å²) < 4.78 is 36.2. The van der Waals surface area contributed by atoms with Crippen molar-refractivity contribution in [3.63, 3.8) is 0 Å². The SMILES string of the molecule is CCCCOc1ccc(/C=C(\C#N)S(=O)(=O)c2ccccc2)cc1OC. The highest BCUT2D eigenvalue weighted by molar-refractivity contribution is 7.95. The number of hydrogen-bond acceptors (Lipinski definition) is 5. The third-order valence-corrected chi connectivity index (χ3v) is 5.38. The molecule has 0 unspecified atom stereocenters. The largest absolute Gasteiger partial charge is 0.493 e. The van der Waals surface area contributed by atoms with Crippen molar-refractivity contribution >= 4 is 15.9 Å². The minimum atomic E-state index is -3.87. The molecule has 0 heterocycles. The van der Waals surface area contributed by atoms with Gasteiger partial charge in [0.1, 0.15) is 11.0 Å². The minimum Gasteiger partial charge on any atom is -0.493 e. The molecular formula is C20H21NO4S. The highest BCUT2D eigenvalue weighted by Gasteiger charge is 2.20. The van der Waals surface area contributed by atoms with Crippen LogP contribution in [0.2, 0.25) is 0 Å². The smallest absolute Gasteiger partial charge is 0.216 e. The standard InChI is InChI=1S/C20H21NO4S/c1-3-4-12-25-19-11-10-16(14-20(19)24-2)13-18(15-21)26(22,23)17-8-6-5-7-9-17/h5-11,13-14H,3-4,12H2,1-2H3/b18-13+. The summed E-state index contributed by atoms with van der Waals surface area (Å²) >= 11 is 0. The molecule has 0 fully saturated rings. The van der Waals surface area contributed by atoms with Crippen LogP contribution in [0.1, 0.15) is 25.3 Å². The molecule has 5 nitrogen and oxygen atoms in total. The van der Waals surface area contributed by atoms with Gasteiger partial charge in [0.15, 0.2) is 11.5 Å². The summed E-state index contributed by atoms with van der Waals surface area (Å²) in [6, 6.07) is 14.7. The fourth-order valence-electron chi connectivity index (χ4n) is 2.27. The van der Waals surface area contributed by atoms with Crippen molar-refractivity contribution in [2.24, 2.45) is 0 Å². The van der Waals surface area contributed by atoms with E-state index in [1.54, 1.807) is 42.5 Å². The van der Waals surface area contributed by atoms with Crippen molar-refractivity contribution in [3.8, 4) is 17.6 Å². The average Bonchev–Trinajstić information content (AvgIpc) is 2.67. The van der Waals surface area contributed by atoms with E-state index in [1.165, 1.54) is 25.3 Å². The van der Waals surface area contributed by atoms with Crippen LogP contribution < -0.4 is 9.47 Å². The van der Waals surface area contributed by atoms with E-state index in [-0.39, 0.29) is 9.80 Å². The van der Waals surface area contributed by atoms with E-state index in [1.807, 2.05) is 0 Å². The first-order valence-corrected chi connectivity index (χ1v) is 9.74. The molecular weight excluding hydrogens is 350 g/mol. The zero-order valence-corrected chi connectivity index (χ0v) is 15.6. The molecule has 0 bridgehead atoms. The molecule has 2 rings (SSSR count). The number of rotatable bonds is 8. The Morgan fingerprint density at radius 1 is 1.15 bits per heavy atom. The molecule has 0 saturated heterocycles. The third kappa shape index (κ3) is 4.64. The normalized spacial score (nSPS) is 11.7. The summed E-state index contributed by atoms with van der Waals surface area (Å²) in [4.78, 5) is -0.246. The molecule has 2 aromatic carbocycles. The zero-order valence-electron chi connectivity index (χ0n) is 14.8. The molecule has 0 saturated carbocycles. The lowest BCUT2D eigenvalue weighted by Crippen LogP contribution is -2.03. The molecule has 2 aromatic rings. The number of allylic oxidation sites excluding steroid dienone is 1. The number of ether oxygens (including phenoxy) is 2. The number of nitriles is 1. The molecule has 0 atom stereocenters. The summed E-state index contributed by atoms with van der Waals surface area (Å²) in [5.74, 6) is 1.08. The lowest BCUT2D eigenvalue weighted by Gasteiger charge is -2.11. The summed E-state index contributed by atoms with van der Waals surface area (Å²) in [6.45, 7) is 2.65. The van der Waals surface area contributed by atoms with Crippen molar-refractivity contribution < 1.29 is 17.9 Å². The second kappa shape index (κ2) is 9.07. The summed E-state index contributed by atoms with van der Waals surface area (Å²) in [5.41, 5.74) is 0.542. The number of sulfone groups is 1. The first-order valence-electron chi connectivity index (χ1n) is 8.25. The van der Waals surface area contributed by atoms with Gasteiger partial charge in [-0.05, 0) is 42.3 Å². The zero-order chi connectivity index (χ0) is 19.0. The van der Waals surface area contributed by atoms with Gasteiger partial charge in [-0.1, -0.05) is 37.6 Å². The molecule has 26 heavy (non-hydrogen) atoms. The highest BCUT2D eigenvalue weighted by Crippen LogP contribution is 2.30. The van der Waals surface area contributed by atoms with Crippen LogP contribution in [0.4, 0.5) is 0 Å². The third-order valence-electron chi connectivity index (χ3n) is 3.69. The Bertz CT molecular complexity index is 913. The molecule has 0 aromatic heterocycles. The van der Waals surface area contributed by atoms with Crippen LogP contribution in [0.3, 0.4) is 0 Å². The number of unbranched alkanes of at least 4 members (excludes halogenated alkanes) is 1. The van der Waals surface area contributed by atoms with Crippen molar-refractivity contribution in [2.75, 3.05) is 13.7 Å². The summed E-state index contributed by atoms with van der Waals surface area (Å²) in [5, 5.41) is 9.36. The van der Waals surface area contributed by atoms with E-state index in [4.69, 9.17) is 9.47 Å². The lowest BCUT2D eigenvalue weighted by molar-refractivity contribution is 0.288. The lowest BCUT2D eigenvalue weighted by atomic mass is 10.2. The molecule has 136 valence electrons. The van der Waals surface area contributed by atoms with Crippen LogP contribution in [0, 0.1) is 11.3 Å². The molecule has 6 heteroatoms. The van der Waals surface area contributed by atoms with Gasteiger partial charge in [-0.2, -0.15) is 5.26 Å². The molecule has 0 N–H and O–H groups in total. The Hall–Kier alpha value is -2.78. The van der Waals surface area contributed by atoms with E-state index in [2.05, 4.69) is 6.92 Å². The van der Waals surface area contributed by atoms with Crippen LogP contribution in [0.5, 0.6) is 11.5 Å². The van der Waals surface area contributed by atoms with Crippen LogP contribution in [0.15, 0.2) is 58.3 Å². The summed E-state index contributed by atoms with van der Waals surface area (Å²) in [7, 11) is -2.35. The highest BCUT2D eigenvalue weighted by atomic mass is 32.2. The van der Waals surface area contributed by atoms with Crippen molar-refractivity contribution in [1.29, 1.82) is 5.26 Å². The molecule has 0 aliphatic heterocycles. The van der Waals surface area contributed by atoms with Crippen molar-refractivity contribution in [3.05, 3.63) is 59.0 Å². The van der Waals surface area contributed by atoms with Gasteiger partial charge in [0.25, 0.3) is 0 Å². The fourth-order valence-corrected chi connectivity index (χ4v) is 3.45. The van der Waals surface area contributed by atoms with Crippen molar-refractivity contribution in [1.82, 2.24) is 0 Å². The van der Waals surface area contributed by atoms with Gasteiger partial charge in [-0.3, -0.25) is 0 Å². The predicted octanol–water partition coefficient (Wildman–Crippen LogP) is 4.21. The van der Waals surface area contributed by atoms with Gasteiger partial charge in [-0.15, -0.1) is 0 Å². The second-order valence-corrected chi connectivity index (χ2v) is 7.47. The van der Waals surface area contributed by atoms with Gasteiger partial charge in [-0.25, -0.2) is 8.42 Å². The van der Waals surface area contributed by atoms with E-state index in [0.717, 1.165) is 12.8 Å². The molecule has 0 radical (unpaired) electrons. The van der Waals surface area contributed by atoms with Gasteiger partial charge in [0.05, 0.1) is 18.6 Å². The quantitative estimate of drug-likeness (QED) is 0.513. The monoisotopic (exact) mass is 371 g/mol. The van der Waals surface area contributed by atoms with Crippen LogP contribution in [0.25, 0.3) is 6.08 Å². The first kappa shape index (κ1) is 19.5. The van der Waals surface area contributed by atoms with E-state index in [0.29, 0.717) is 23.7 Å². The van der Waals surface area contributed by atoms with Gasteiger partial charge < -0.3 is 9.47 Å². The van der Waals surface area contributed by atoms with E-state index < -0.39 is 9.84 Å². The van der Waals surface area contributed by atoms with E-state index >= 15 is 0 Å². The Kier molecular flexibility index (Phi) is 6.81. The number of nitrogens with zero attached hydrogens (tertiary/aromatic N) is 1. The maximum Gasteiger partial charge on any atom is 0.216 e. The maximum atomic E-state index is 12.6. The number of methoxy groups -OCH3 is 1. The molecule has 0 aliphatic carbocycles. The van der Waals surface area contributed by atoms with Crippen LogP contribution in [-0.2, 0) is 9.84 Å². The maximum absolute atomic E-state index is 12.6. The molecule has 0 amide bonds. The first-order chi connectivity index (χ1) is 12.5. The van der Waals surface area contributed by atoms with Gasteiger partial charge in [0.2, 0.25) is 9.84 Å².